The second-order valence-electron chi connectivity index (χ2n) is 1.82. The first kappa shape index (κ1) is 12.1. The summed E-state index contributed by atoms with van der Waals surface area (Å²) >= 11 is 0. The van der Waals surface area contributed by atoms with Crippen LogP contribution >= 0.6 is 0 Å². The van der Waals surface area contributed by atoms with Gasteiger partial charge in [-0.15, -0.1) is 0 Å². The maximum atomic E-state index is 10.2. The van der Waals surface area contributed by atoms with Crippen LogP contribution in [0.2, 0.25) is 0 Å². The van der Waals surface area contributed by atoms with E-state index in [0.717, 1.165) is 0 Å². The number of carboxylic acids is 1. The van der Waals surface area contributed by atoms with Crippen LogP contribution in [0.3, 0.4) is 0 Å². The molecule has 0 saturated carbocycles. The van der Waals surface area contributed by atoms with Crippen molar-refractivity contribution < 1.29 is 14.7 Å². The molecule has 0 aliphatic heterocycles. The summed E-state index contributed by atoms with van der Waals surface area (Å²) in [6.07, 6.45) is 0. The van der Waals surface area contributed by atoms with E-state index in [4.69, 9.17) is 5.11 Å². The molecule has 0 bridgehead atoms. The fourth-order valence-corrected chi connectivity index (χ4v) is 0.247. The summed E-state index contributed by atoms with van der Waals surface area (Å²) in [6, 6.07) is 0. The van der Waals surface area contributed by atoms with Crippen molar-refractivity contribution in [2.75, 3.05) is 0 Å². The molecule has 0 aliphatic rings. The molecular formula is C5H8CaO3+2. The summed E-state index contributed by atoms with van der Waals surface area (Å²) in [5.74, 6) is -2.47. The maximum absolute atomic E-state index is 10.2. The van der Waals surface area contributed by atoms with Gasteiger partial charge in [0, 0.05) is 5.92 Å². The van der Waals surface area contributed by atoms with E-state index in [1.807, 2.05) is 0 Å². The van der Waals surface area contributed by atoms with Crippen LogP contribution in [0.1, 0.15) is 13.8 Å². The van der Waals surface area contributed by atoms with Crippen molar-refractivity contribution in [3.63, 3.8) is 0 Å². The number of ketones is 1. The van der Waals surface area contributed by atoms with Gasteiger partial charge in [-0.25, -0.2) is 4.79 Å². The van der Waals surface area contributed by atoms with Gasteiger partial charge in [0.2, 0.25) is 5.78 Å². The number of carbonyl (C=O) groups excluding carboxylic acids is 1. The molecular weight excluding hydrogens is 148 g/mol. The van der Waals surface area contributed by atoms with Crippen molar-refractivity contribution in [3.8, 4) is 0 Å². The number of hydrogen-bond donors (Lipinski definition) is 1. The Morgan fingerprint density at radius 1 is 1.33 bits per heavy atom. The molecule has 0 unspecified atom stereocenters. The van der Waals surface area contributed by atoms with Gasteiger partial charge in [0.05, 0.1) is 0 Å². The van der Waals surface area contributed by atoms with Gasteiger partial charge in [0.15, 0.2) is 0 Å². The monoisotopic (exact) mass is 156 g/mol. The average Bonchev–Trinajstić information content (AvgIpc) is 1.64. The van der Waals surface area contributed by atoms with Crippen LogP contribution in [0, 0.1) is 5.92 Å². The Hall–Kier alpha value is 0.400. The quantitative estimate of drug-likeness (QED) is 0.449. The summed E-state index contributed by atoms with van der Waals surface area (Å²) in [5.41, 5.74) is 0. The maximum Gasteiger partial charge on any atom is 2.00 e. The SMILES string of the molecule is CC(C)C(=O)C(=O)O.[Ca+2]. The fourth-order valence-electron chi connectivity index (χ4n) is 0.247. The molecule has 3 nitrogen and oxygen atoms in total. The third-order valence-electron chi connectivity index (χ3n) is 0.735. The van der Waals surface area contributed by atoms with Crippen molar-refractivity contribution in [2.24, 2.45) is 5.92 Å². The van der Waals surface area contributed by atoms with Crippen LogP contribution in [0.4, 0.5) is 0 Å². The van der Waals surface area contributed by atoms with E-state index in [-0.39, 0.29) is 37.7 Å². The van der Waals surface area contributed by atoms with Crippen LogP contribution in [-0.4, -0.2) is 54.6 Å². The topological polar surface area (TPSA) is 54.4 Å². The molecule has 0 aromatic rings. The Morgan fingerprint density at radius 3 is 1.67 bits per heavy atom. The number of rotatable bonds is 2. The fraction of sp³-hybridized carbons (Fsp3) is 0.600. The third kappa shape index (κ3) is 4.88. The molecule has 4 heteroatoms. The van der Waals surface area contributed by atoms with Crippen molar-refractivity contribution in [3.05, 3.63) is 0 Å². The van der Waals surface area contributed by atoms with E-state index in [0.29, 0.717) is 0 Å². The average molecular weight is 156 g/mol. The van der Waals surface area contributed by atoms with Gasteiger partial charge in [0.1, 0.15) is 0 Å². The molecule has 0 aromatic heterocycles. The molecule has 0 saturated heterocycles. The molecule has 0 atom stereocenters. The summed E-state index contributed by atoms with van der Waals surface area (Å²) < 4.78 is 0. The molecule has 0 amide bonds. The normalized spacial score (nSPS) is 8.33. The molecule has 0 aliphatic carbocycles. The van der Waals surface area contributed by atoms with Crippen molar-refractivity contribution in [1.29, 1.82) is 0 Å². The van der Waals surface area contributed by atoms with Gasteiger partial charge >= 0.3 is 43.7 Å². The van der Waals surface area contributed by atoms with Crippen LogP contribution in [-0.2, 0) is 9.59 Å². The Bertz CT molecular complexity index is 119. The Labute approximate surface area is 83.4 Å². The molecule has 46 valence electrons. The second kappa shape index (κ2) is 5.21. The van der Waals surface area contributed by atoms with Gasteiger partial charge < -0.3 is 5.11 Å². The molecule has 0 heterocycles. The molecule has 0 radical (unpaired) electrons. The van der Waals surface area contributed by atoms with Gasteiger partial charge in [0.25, 0.3) is 0 Å². The van der Waals surface area contributed by atoms with Crippen molar-refractivity contribution in [2.45, 2.75) is 13.8 Å². The molecule has 0 fully saturated rings. The zero-order valence-corrected chi connectivity index (χ0v) is 7.76. The van der Waals surface area contributed by atoms with Gasteiger partial charge in [-0.2, -0.15) is 0 Å². The number of carboxylic acid groups (broad SMARTS) is 1. The first-order chi connectivity index (χ1) is 3.55. The second-order valence-corrected chi connectivity index (χ2v) is 1.82. The Morgan fingerprint density at radius 2 is 1.67 bits per heavy atom. The molecule has 1 N–H and O–H groups in total. The minimum absolute atomic E-state index is 0. The standard InChI is InChI=1S/C5H8O3.Ca/c1-3(2)4(6)5(7)8;/h3H,1-2H3,(H,7,8);/q;+2. The molecule has 0 aromatic carbocycles. The first-order valence-corrected chi connectivity index (χ1v) is 2.33. The summed E-state index contributed by atoms with van der Waals surface area (Å²) in [6.45, 7) is 3.10. The predicted octanol–water partition coefficient (Wildman–Crippen LogP) is -0.0847. The van der Waals surface area contributed by atoms with Crippen LogP contribution in [0.25, 0.3) is 0 Å². The smallest absolute Gasteiger partial charge is 0.475 e. The Balaban J connectivity index is 0. The van der Waals surface area contributed by atoms with Gasteiger partial charge in [-0.05, 0) is 0 Å². The summed E-state index contributed by atoms with van der Waals surface area (Å²) in [5, 5.41) is 8.00. The van der Waals surface area contributed by atoms with Crippen molar-refractivity contribution in [1.82, 2.24) is 0 Å². The minimum Gasteiger partial charge on any atom is -0.475 e. The summed E-state index contributed by atoms with van der Waals surface area (Å²) in [7, 11) is 0. The van der Waals surface area contributed by atoms with E-state index in [1.54, 1.807) is 13.8 Å². The predicted molar refractivity (Wildman–Crippen MR) is 33.2 cm³/mol. The van der Waals surface area contributed by atoms with Crippen LogP contribution in [0.5, 0.6) is 0 Å². The van der Waals surface area contributed by atoms with Crippen LogP contribution in [0.15, 0.2) is 0 Å². The Kier molecular flexibility index (Phi) is 7.01. The van der Waals surface area contributed by atoms with Crippen LogP contribution < -0.4 is 0 Å². The number of carbonyl (C=O) groups is 2. The zero-order valence-electron chi connectivity index (χ0n) is 5.55. The van der Waals surface area contributed by atoms with E-state index >= 15 is 0 Å². The molecule has 9 heavy (non-hydrogen) atoms. The third-order valence-corrected chi connectivity index (χ3v) is 0.735. The minimum atomic E-state index is -1.35. The van der Waals surface area contributed by atoms with E-state index < -0.39 is 17.7 Å². The number of hydrogen-bond acceptors (Lipinski definition) is 2. The van der Waals surface area contributed by atoms with Gasteiger partial charge in [-0.3, -0.25) is 4.79 Å². The largest absolute Gasteiger partial charge is 2.00 e. The molecule has 0 rings (SSSR count). The zero-order chi connectivity index (χ0) is 6.73. The van der Waals surface area contributed by atoms with E-state index in [1.165, 1.54) is 0 Å². The van der Waals surface area contributed by atoms with Gasteiger partial charge in [-0.1, -0.05) is 13.8 Å². The van der Waals surface area contributed by atoms with E-state index in [9.17, 15) is 9.59 Å². The van der Waals surface area contributed by atoms with E-state index in [2.05, 4.69) is 0 Å². The molecule has 0 spiro atoms. The number of Topliss-reactive ketones (excluding diaryl/α,β-unsaturated/α-hetero) is 1. The first-order valence-electron chi connectivity index (χ1n) is 2.33. The number of aliphatic carboxylic acids is 1. The summed E-state index contributed by atoms with van der Waals surface area (Å²) in [4.78, 5) is 20.0. The van der Waals surface area contributed by atoms with Crippen molar-refractivity contribution >= 4 is 49.5 Å².